The van der Waals surface area contributed by atoms with Crippen molar-refractivity contribution in [2.24, 2.45) is 5.92 Å². The highest BCUT2D eigenvalue weighted by Crippen LogP contribution is 2.39. The van der Waals surface area contributed by atoms with E-state index in [0.717, 1.165) is 6.42 Å². The Balaban J connectivity index is 1.80. The fourth-order valence-electron chi connectivity index (χ4n) is 4.11. The van der Waals surface area contributed by atoms with Crippen LogP contribution in [0.5, 0.6) is 0 Å². The second kappa shape index (κ2) is 4.95. The molecule has 1 spiro atoms. The van der Waals surface area contributed by atoms with E-state index in [4.69, 9.17) is 0 Å². The third kappa shape index (κ3) is 2.34. The number of nitrogens with zero attached hydrogens (tertiary/aromatic N) is 3. The first-order chi connectivity index (χ1) is 9.82. The molecule has 6 heteroatoms. The number of carbonyl (C=O) groups is 2. The summed E-state index contributed by atoms with van der Waals surface area (Å²) in [5.74, 6) is 0.254. The summed E-state index contributed by atoms with van der Waals surface area (Å²) in [5.41, 5.74) is -0.142. The summed E-state index contributed by atoms with van der Waals surface area (Å²) < 4.78 is 0. The molecule has 21 heavy (non-hydrogen) atoms. The van der Waals surface area contributed by atoms with Crippen molar-refractivity contribution in [3.63, 3.8) is 0 Å². The molecule has 118 valence electrons. The Hall–Kier alpha value is -1.14. The van der Waals surface area contributed by atoms with Gasteiger partial charge in [0.1, 0.15) is 0 Å². The number of hydrogen-bond acceptors (Lipinski definition) is 4. The average Bonchev–Trinajstić information content (AvgIpc) is 2.73. The summed E-state index contributed by atoms with van der Waals surface area (Å²) in [6, 6.07) is 0.227. The number of rotatable bonds is 1. The number of aliphatic hydroxyl groups is 1. The van der Waals surface area contributed by atoms with E-state index in [1.807, 2.05) is 23.6 Å². The molecule has 0 aromatic heterocycles. The Morgan fingerprint density at radius 1 is 1.14 bits per heavy atom. The van der Waals surface area contributed by atoms with Crippen molar-refractivity contribution in [1.82, 2.24) is 14.7 Å². The summed E-state index contributed by atoms with van der Waals surface area (Å²) >= 11 is 0. The van der Waals surface area contributed by atoms with Crippen LogP contribution in [0.4, 0.5) is 0 Å². The monoisotopic (exact) mass is 295 g/mol. The lowest BCUT2D eigenvalue weighted by Gasteiger charge is -2.60. The van der Waals surface area contributed by atoms with E-state index in [-0.39, 0.29) is 35.4 Å². The van der Waals surface area contributed by atoms with Gasteiger partial charge in [0.25, 0.3) is 0 Å². The molecule has 3 saturated heterocycles. The topological polar surface area (TPSA) is 64.1 Å². The molecule has 3 heterocycles. The van der Waals surface area contributed by atoms with Crippen LogP contribution in [0.15, 0.2) is 0 Å². The van der Waals surface area contributed by atoms with Crippen molar-refractivity contribution >= 4 is 11.8 Å². The van der Waals surface area contributed by atoms with Crippen molar-refractivity contribution in [1.29, 1.82) is 0 Å². The van der Waals surface area contributed by atoms with Crippen LogP contribution < -0.4 is 0 Å². The highest BCUT2D eigenvalue weighted by atomic mass is 16.3. The van der Waals surface area contributed by atoms with Crippen molar-refractivity contribution in [2.75, 3.05) is 32.7 Å². The molecule has 3 rings (SSSR count). The number of hydrogen-bond donors (Lipinski definition) is 1. The Labute approximate surface area is 125 Å². The minimum atomic E-state index is -0.313. The van der Waals surface area contributed by atoms with E-state index in [2.05, 4.69) is 4.90 Å². The van der Waals surface area contributed by atoms with Gasteiger partial charge in [0, 0.05) is 51.6 Å². The number of amides is 2. The maximum atomic E-state index is 12.4. The van der Waals surface area contributed by atoms with Crippen LogP contribution in [0.3, 0.4) is 0 Å². The normalized spacial score (nSPS) is 31.5. The average molecular weight is 295 g/mol. The predicted octanol–water partition coefficient (Wildman–Crippen LogP) is -0.479. The van der Waals surface area contributed by atoms with Gasteiger partial charge in [-0.2, -0.15) is 0 Å². The SMILES string of the molecule is CC(=O)N1CC2(C1)CN(C(=O)C(C)C)CC1CC(O)CN12. The molecule has 2 atom stereocenters. The molecule has 0 aromatic carbocycles. The molecule has 0 bridgehead atoms. The van der Waals surface area contributed by atoms with Crippen molar-refractivity contribution < 1.29 is 14.7 Å². The Kier molecular flexibility index (Phi) is 3.48. The molecule has 6 nitrogen and oxygen atoms in total. The quantitative estimate of drug-likeness (QED) is 0.710. The molecule has 1 N–H and O–H groups in total. The van der Waals surface area contributed by atoms with Gasteiger partial charge in [-0.05, 0) is 6.42 Å². The highest BCUT2D eigenvalue weighted by Gasteiger charge is 2.57. The lowest BCUT2D eigenvalue weighted by Crippen LogP contribution is -2.79. The molecule has 0 radical (unpaired) electrons. The Morgan fingerprint density at radius 2 is 1.76 bits per heavy atom. The number of β-amino-alcohol motifs (C(OH)–C–C–N with tert-alkyl or cyclic N) is 1. The van der Waals surface area contributed by atoms with Gasteiger partial charge < -0.3 is 14.9 Å². The third-order valence-corrected chi connectivity index (χ3v) is 5.14. The Bertz CT molecular complexity index is 459. The van der Waals surface area contributed by atoms with Gasteiger partial charge >= 0.3 is 0 Å². The molecule has 0 saturated carbocycles. The summed E-state index contributed by atoms with van der Waals surface area (Å²) in [7, 11) is 0. The number of likely N-dealkylation sites (tertiary alicyclic amines) is 1. The standard InChI is InChI=1S/C15H25N3O3/c1-10(2)14(21)16-5-12-4-13(20)6-18(12)15(7-16)8-17(9-15)11(3)19/h10,12-13,20H,4-9H2,1-3H3. The van der Waals surface area contributed by atoms with Gasteiger partial charge in [0.2, 0.25) is 11.8 Å². The van der Waals surface area contributed by atoms with E-state index in [0.29, 0.717) is 32.7 Å². The fourth-order valence-corrected chi connectivity index (χ4v) is 4.11. The van der Waals surface area contributed by atoms with Gasteiger partial charge in [-0.15, -0.1) is 0 Å². The second-order valence-electron chi connectivity index (χ2n) is 7.17. The molecule has 3 fully saturated rings. The molecule has 3 aliphatic rings. The zero-order valence-electron chi connectivity index (χ0n) is 13.1. The van der Waals surface area contributed by atoms with Crippen LogP contribution in [-0.4, -0.2) is 82.0 Å². The van der Waals surface area contributed by atoms with Gasteiger partial charge in [0.15, 0.2) is 0 Å². The first-order valence-electron chi connectivity index (χ1n) is 7.81. The van der Waals surface area contributed by atoms with Crippen molar-refractivity contribution in [3.8, 4) is 0 Å². The number of aliphatic hydroxyl groups excluding tert-OH is 1. The fraction of sp³-hybridized carbons (Fsp3) is 0.867. The zero-order chi connectivity index (χ0) is 15.4. The van der Waals surface area contributed by atoms with Crippen molar-refractivity contribution in [2.45, 2.75) is 44.9 Å². The van der Waals surface area contributed by atoms with Gasteiger partial charge in [-0.1, -0.05) is 13.8 Å². The molecule has 0 aliphatic carbocycles. The van der Waals surface area contributed by atoms with E-state index < -0.39 is 0 Å². The maximum Gasteiger partial charge on any atom is 0.225 e. The first kappa shape index (κ1) is 14.8. The number of carbonyl (C=O) groups excluding carboxylic acids is 2. The zero-order valence-corrected chi connectivity index (χ0v) is 13.1. The molecule has 2 unspecified atom stereocenters. The summed E-state index contributed by atoms with van der Waals surface area (Å²) in [6.07, 6.45) is 0.413. The van der Waals surface area contributed by atoms with Gasteiger partial charge in [-0.25, -0.2) is 0 Å². The van der Waals surface area contributed by atoms with E-state index in [1.165, 1.54) is 0 Å². The summed E-state index contributed by atoms with van der Waals surface area (Å²) in [6.45, 7) is 8.83. The van der Waals surface area contributed by atoms with E-state index in [9.17, 15) is 14.7 Å². The maximum absolute atomic E-state index is 12.4. The molecular formula is C15H25N3O3. The smallest absolute Gasteiger partial charge is 0.225 e. The number of fused-ring (bicyclic) bond motifs is 2. The predicted molar refractivity (Wildman–Crippen MR) is 77.5 cm³/mol. The van der Waals surface area contributed by atoms with Crippen molar-refractivity contribution in [3.05, 3.63) is 0 Å². The van der Waals surface area contributed by atoms with Crippen LogP contribution in [0.2, 0.25) is 0 Å². The Morgan fingerprint density at radius 3 is 2.33 bits per heavy atom. The van der Waals surface area contributed by atoms with Crippen LogP contribution in [0, 0.1) is 5.92 Å². The largest absolute Gasteiger partial charge is 0.392 e. The van der Waals surface area contributed by atoms with Crippen LogP contribution in [0.25, 0.3) is 0 Å². The van der Waals surface area contributed by atoms with Crippen LogP contribution in [-0.2, 0) is 9.59 Å². The van der Waals surface area contributed by atoms with E-state index >= 15 is 0 Å². The first-order valence-corrected chi connectivity index (χ1v) is 7.81. The molecule has 2 amide bonds. The van der Waals surface area contributed by atoms with Gasteiger partial charge in [-0.3, -0.25) is 14.5 Å². The summed E-state index contributed by atoms with van der Waals surface area (Å²) in [5, 5.41) is 10.00. The van der Waals surface area contributed by atoms with Crippen LogP contribution in [0.1, 0.15) is 27.2 Å². The van der Waals surface area contributed by atoms with E-state index in [1.54, 1.807) is 6.92 Å². The minimum absolute atomic E-state index is 0.0103. The molecular weight excluding hydrogens is 270 g/mol. The lowest BCUT2D eigenvalue weighted by atomic mass is 9.83. The molecule has 3 aliphatic heterocycles. The van der Waals surface area contributed by atoms with Gasteiger partial charge in [0.05, 0.1) is 11.6 Å². The summed E-state index contributed by atoms with van der Waals surface area (Å²) in [4.78, 5) is 30.0. The number of piperazine rings is 1. The molecule has 0 aromatic rings. The third-order valence-electron chi connectivity index (χ3n) is 5.14. The van der Waals surface area contributed by atoms with Crippen LogP contribution >= 0.6 is 0 Å². The lowest BCUT2D eigenvalue weighted by molar-refractivity contribution is -0.161. The highest BCUT2D eigenvalue weighted by molar-refractivity contribution is 5.79. The minimum Gasteiger partial charge on any atom is -0.392 e. The second-order valence-corrected chi connectivity index (χ2v) is 7.17.